The van der Waals surface area contributed by atoms with E-state index in [4.69, 9.17) is 28.5 Å². The van der Waals surface area contributed by atoms with Crippen molar-refractivity contribution in [3.05, 3.63) is 46.3 Å². The maximum atomic E-state index is 8.74. The van der Waals surface area contributed by atoms with Gasteiger partial charge in [-0.3, -0.25) is 0 Å². The third kappa shape index (κ3) is 2.53. The Balaban J connectivity index is 2.38. The van der Waals surface area contributed by atoms with Crippen LogP contribution in [0.2, 0.25) is 10.3 Å². The van der Waals surface area contributed by atoms with Crippen molar-refractivity contribution in [2.75, 3.05) is 11.9 Å². The van der Waals surface area contributed by atoms with Gasteiger partial charge in [-0.15, -0.1) is 0 Å². The summed E-state index contributed by atoms with van der Waals surface area (Å²) in [7, 11) is 1.81. The summed E-state index contributed by atoms with van der Waals surface area (Å²) in [5.74, 6) is 0.515. The Morgan fingerprint density at radius 2 is 1.89 bits per heavy atom. The molecule has 0 aliphatic carbocycles. The van der Waals surface area contributed by atoms with Gasteiger partial charge in [-0.05, 0) is 35.9 Å². The summed E-state index contributed by atoms with van der Waals surface area (Å²) in [5, 5.41) is 9.28. The second-order valence-electron chi connectivity index (χ2n) is 3.53. The first-order chi connectivity index (χ1) is 8.61. The van der Waals surface area contributed by atoms with Gasteiger partial charge >= 0.3 is 0 Å². The predicted molar refractivity (Wildman–Crippen MR) is 71.3 cm³/mol. The first-order valence-electron chi connectivity index (χ1n) is 5.04. The first-order valence-corrected chi connectivity index (χ1v) is 5.79. The van der Waals surface area contributed by atoms with Crippen LogP contribution < -0.4 is 4.90 Å². The van der Waals surface area contributed by atoms with Gasteiger partial charge in [0.1, 0.15) is 5.02 Å². The lowest BCUT2D eigenvalue weighted by molar-refractivity contribution is 1.08. The molecule has 0 radical (unpaired) electrons. The number of anilines is 2. The number of hydrogen-bond acceptors (Lipinski definition) is 4. The number of hydrogen-bond donors (Lipinski definition) is 0. The van der Waals surface area contributed by atoms with E-state index in [1.807, 2.05) is 19.2 Å². The molecule has 1 heterocycles. The summed E-state index contributed by atoms with van der Waals surface area (Å²) < 4.78 is 0. The third-order valence-corrected chi connectivity index (χ3v) is 2.85. The molecule has 0 aliphatic heterocycles. The van der Waals surface area contributed by atoms with E-state index < -0.39 is 0 Å². The minimum Gasteiger partial charge on any atom is -0.328 e. The zero-order valence-electron chi connectivity index (χ0n) is 9.43. The maximum absolute atomic E-state index is 8.74. The second kappa shape index (κ2) is 5.21. The van der Waals surface area contributed by atoms with E-state index in [2.05, 4.69) is 16.0 Å². The van der Waals surface area contributed by atoms with Crippen LogP contribution in [0, 0.1) is 11.3 Å². The molecule has 0 aliphatic rings. The van der Waals surface area contributed by atoms with E-state index in [0.29, 0.717) is 16.4 Å². The second-order valence-corrected chi connectivity index (χ2v) is 4.27. The molecule has 0 fully saturated rings. The molecule has 0 bridgehead atoms. The molecule has 18 heavy (non-hydrogen) atoms. The van der Waals surface area contributed by atoms with E-state index in [0.717, 1.165) is 5.69 Å². The van der Waals surface area contributed by atoms with Crippen molar-refractivity contribution in [3.63, 3.8) is 0 Å². The van der Waals surface area contributed by atoms with Gasteiger partial charge in [0.15, 0.2) is 5.82 Å². The molecule has 0 saturated heterocycles. The molecule has 0 unspecified atom stereocenters. The highest BCUT2D eigenvalue weighted by atomic mass is 35.5. The first kappa shape index (κ1) is 12.6. The summed E-state index contributed by atoms with van der Waals surface area (Å²) in [6.45, 7) is 0. The molecular weight excluding hydrogens is 271 g/mol. The van der Waals surface area contributed by atoms with Crippen molar-refractivity contribution in [3.8, 4) is 6.07 Å². The van der Waals surface area contributed by atoms with Crippen LogP contribution in [0.25, 0.3) is 0 Å². The molecule has 1 aromatic heterocycles. The van der Waals surface area contributed by atoms with Crippen LogP contribution in [0.5, 0.6) is 0 Å². The van der Waals surface area contributed by atoms with Gasteiger partial charge in [-0.25, -0.2) is 4.98 Å². The average Bonchev–Trinajstić information content (AvgIpc) is 2.41. The molecule has 0 N–H and O–H groups in total. The maximum Gasteiger partial charge on any atom is 0.224 e. The van der Waals surface area contributed by atoms with Gasteiger partial charge in [0.05, 0.1) is 17.8 Å². The van der Waals surface area contributed by atoms with E-state index in [9.17, 15) is 0 Å². The normalized spacial score (nSPS) is 9.89. The number of halogens is 2. The fraction of sp³-hybridized carbons (Fsp3) is 0.0833. The number of aromatic nitrogens is 2. The Hall–Kier alpha value is -1.83. The van der Waals surface area contributed by atoms with Gasteiger partial charge in [0, 0.05) is 12.7 Å². The summed E-state index contributed by atoms with van der Waals surface area (Å²) >= 11 is 11.8. The van der Waals surface area contributed by atoms with Crippen LogP contribution >= 0.6 is 23.2 Å². The summed E-state index contributed by atoms with van der Waals surface area (Å²) in [5.41, 5.74) is 1.45. The minimum atomic E-state index is 0.134. The molecule has 4 nitrogen and oxygen atoms in total. The van der Waals surface area contributed by atoms with Crippen molar-refractivity contribution in [1.29, 1.82) is 5.26 Å². The summed E-state index contributed by atoms with van der Waals surface area (Å²) in [6.07, 6.45) is 1.45. The SMILES string of the molecule is CN(c1ccc(C#N)cc1)c1nc(Cl)ncc1Cl. The zero-order chi connectivity index (χ0) is 13.1. The largest absolute Gasteiger partial charge is 0.328 e. The van der Waals surface area contributed by atoms with Crippen LogP contribution in [0.15, 0.2) is 30.5 Å². The molecule has 2 aromatic rings. The van der Waals surface area contributed by atoms with Gasteiger partial charge in [0.25, 0.3) is 0 Å². The molecule has 0 amide bonds. The van der Waals surface area contributed by atoms with Crippen molar-refractivity contribution in [2.45, 2.75) is 0 Å². The standard InChI is InChI=1S/C12H8Cl2N4/c1-18(9-4-2-8(6-15)3-5-9)11-10(13)7-16-12(14)17-11/h2-5,7H,1H3. The molecular formula is C12H8Cl2N4. The van der Waals surface area contributed by atoms with E-state index in [-0.39, 0.29) is 5.28 Å². The van der Waals surface area contributed by atoms with E-state index in [1.165, 1.54) is 6.20 Å². The van der Waals surface area contributed by atoms with Gasteiger partial charge in [-0.1, -0.05) is 11.6 Å². The monoisotopic (exact) mass is 278 g/mol. The van der Waals surface area contributed by atoms with Gasteiger partial charge < -0.3 is 4.90 Å². The molecule has 1 aromatic carbocycles. The topological polar surface area (TPSA) is 52.8 Å². The van der Waals surface area contributed by atoms with E-state index >= 15 is 0 Å². The summed E-state index contributed by atoms with van der Waals surface area (Å²) in [4.78, 5) is 9.65. The van der Waals surface area contributed by atoms with Crippen molar-refractivity contribution < 1.29 is 0 Å². The Kier molecular flexibility index (Phi) is 3.66. The van der Waals surface area contributed by atoms with E-state index in [1.54, 1.807) is 17.0 Å². The minimum absolute atomic E-state index is 0.134. The average molecular weight is 279 g/mol. The van der Waals surface area contributed by atoms with Gasteiger partial charge in [0.2, 0.25) is 5.28 Å². The number of nitrogens with zero attached hydrogens (tertiary/aromatic N) is 4. The highest BCUT2D eigenvalue weighted by Gasteiger charge is 2.11. The third-order valence-electron chi connectivity index (χ3n) is 2.40. The molecule has 0 spiro atoms. The molecule has 6 heteroatoms. The fourth-order valence-electron chi connectivity index (χ4n) is 1.45. The Morgan fingerprint density at radius 1 is 1.22 bits per heavy atom. The van der Waals surface area contributed by atoms with Crippen LogP contribution in [-0.4, -0.2) is 17.0 Å². The Morgan fingerprint density at radius 3 is 2.50 bits per heavy atom. The van der Waals surface area contributed by atoms with Crippen molar-refractivity contribution in [1.82, 2.24) is 9.97 Å². The molecule has 0 saturated carbocycles. The summed E-state index contributed by atoms with van der Waals surface area (Å²) in [6, 6.07) is 9.13. The highest BCUT2D eigenvalue weighted by molar-refractivity contribution is 6.33. The lowest BCUT2D eigenvalue weighted by Gasteiger charge is -2.19. The molecule has 0 atom stereocenters. The van der Waals surface area contributed by atoms with Crippen LogP contribution in [0.3, 0.4) is 0 Å². The van der Waals surface area contributed by atoms with Gasteiger partial charge in [-0.2, -0.15) is 10.2 Å². The smallest absolute Gasteiger partial charge is 0.224 e. The number of benzene rings is 1. The lowest BCUT2D eigenvalue weighted by Crippen LogP contribution is -2.12. The number of nitriles is 1. The zero-order valence-corrected chi connectivity index (χ0v) is 10.9. The van der Waals surface area contributed by atoms with Crippen LogP contribution in [-0.2, 0) is 0 Å². The quantitative estimate of drug-likeness (QED) is 0.790. The van der Waals surface area contributed by atoms with Crippen LogP contribution in [0.1, 0.15) is 5.56 Å². The number of rotatable bonds is 2. The van der Waals surface area contributed by atoms with Crippen molar-refractivity contribution >= 4 is 34.7 Å². The molecule has 2 rings (SSSR count). The molecule has 90 valence electrons. The predicted octanol–water partition coefficient (Wildman–Crippen LogP) is 3.42. The van der Waals surface area contributed by atoms with Crippen molar-refractivity contribution in [2.24, 2.45) is 0 Å². The lowest BCUT2D eigenvalue weighted by atomic mass is 10.2. The Labute approximate surface area is 114 Å². The fourth-order valence-corrected chi connectivity index (χ4v) is 1.80. The highest BCUT2D eigenvalue weighted by Crippen LogP contribution is 2.28. The Bertz CT molecular complexity index is 604. The van der Waals surface area contributed by atoms with Crippen LogP contribution in [0.4, 0.5) is 11.5 Å².